The van der Waals surface area contributed by atoms with Crippen LogP contribution in [0.2, 0.25) is 5.02 Å². The van der Waals surface area contributed by atoms with Crippen LogP contribution >= 0.6 is 11.6 Å². The van der Waals surface area contributed by atoms with E-state index < -0.39 is 11.9 Å². The molecule has 2 spiro atoms. The summed E-state index contributed by atoms with van der Waals surface area (Å²) in [6.45, 7) is 5.71. The van der Waals surface area contributed by atoms with Crippen molar-refractivity contribution in [2.24, 2.45) is 5.92 Å². The van der Waals surface area contributed by atoms with E-state index in [0.29, 0.717) is 54.7 Å². The molecule has 0 unspecified atom stereocenters. The van der Waals surface area contributed by atoms with Gasteiger partial charge >= 0.3 is 0 Å². The molecule has 4 amide bonds. The second-order valence-electron chi connectivity index (χ2n) is 19.2. The average Bonchev–Trinajstić information content (AvgIpc) is 3.88. The van der Waals surface area contributed by atoms with Crippen molar-refractivity contribution in [2.75, 3.05) is 50.8 Å². The van der Waals surface area contributed by atoms with Gasteiger partial charge in [0, 0.05) is 79.5 Å². The molecule has 62 heavy (non-hydrogen) atoms. The van der Waals surface area contributed by atoms with Gasteiger partial charge in [-0.25, -0.2) is 0 Å². The van der Waals surface area contributed by atoms with Gasteiger partial charge in [0.25, 0.3) is 11.5 Å². The van der Waals surface area contributed by atoms with Crippen LogP contribution in [-0.4, -0.2) is 106 Å². The Bertz CT molecular complexity index is 2670. The van der Waals surface area contributed by atoms with Gasteiger partial charge in [0.05, 0.1) is 46.1 Å². The van der Waals surface area contributed by atoms with E-state index in [1.54, 1.807) is 11.0 Å². The molecule has 0 bridgehead atoms. The summed E-state index contributed by atoms with van der Waals surface area (Å²) in [5, 5.41) is 3.31. The first-order valence-corrected chi connectivity index (χ1v) is 23.1. The number of nitrogens with zero attached hydrogens (tertiary/aromatic N) is 6. The number of rotatable bonds is 4. The Balaban J connectivity index is 0.674. The van der Waals surface area contributed by atoms with Gasteiger partial charge in [-0.15, -0.1) is 0 Å². The van der Waals surface area contributed by atoms with Gasteiger partial charge in [0.2, 0.25) is 17.7 Å². The maximum atomic E-state index is 13.9. The Kier molecular flexibility index (Phi) is 8.75. The monoisotopic (exact) mass is 855 g/mol. The molecule has 4 saturated heterocycles. The Morgan fingerprint density at radius 1 is 0.871 bits per heavy atom. The second-order valence-corrected chi connectivity index (χ2v) is 19.6. The number of carbonyl (C=O) groups excluding carboxylic acids is 4. The number of carbonyl (C=O) groups is 4. The zero-order valence-electron chi connectivity index (χ0n) is 34.8. The predicted molar refractivity (Wildman–Crippen MR) is 232 cm³/mol. The highest BCUT2D eigenvalue weighted by molar-refractivity contribution is 6.35. The maximum absolute atomic E-state index is 13.9. The number of benzene rings is 3. The van der Waals surface area contributed by atoms with Gasteiger partial charge in [-0.3, -0.25) is 38.8 Å². The van der Waals surface area contributed by atoms with E-state index in [2.05, 4.69) is 42.8 Å². The molecule has 0 radical (unpaired) electrons. The van der Waals surface area contributed by atoms with Crippen LogP contribution < -0.4 is 20.5 Å². The summed E-state index contributed by atoms with van der Waals surface area (Å²) in [7, 11) is 0. The highest BCUT2D eigenvalue weighted by Gasteiger charge is 2.50. The van der Waals surface area contributed by atoms with Crippen molar-refractivity contribution in [3.8, 4) is 11.4 Å². The van der Waals surface area contributed by atoms with Crippen molar-refractivity contribution in [3.63, 3.8) is 0 Å². The topological polar surface area (TPSA) is 137 Å². The molecule has 14 heteroatoms. The fourth-order valence-electron chi connectivity index (χ4n) is 12.6. The number of hydrogen-bond donors (Lipinski definition) is 1. The van der Waals surface area contributed by atoms with Crippen LogP contribution in [0.15, 0.2) is 53.3 Å². The summed E-state index contributed by atoms with van der Waals surface area (Å²) in [4.78, 5) is 78.5. The third-order valence-corrected chi connectivity index (χ3v) is 16.4. The van der Waals surface area contributed by atoms with E-state index in [1.807, 2.05) is 24.3 Å². The molecule has 5 fully saturated rings. The van der Waals surface area contributed by atoms with E-state index in [0.717, 1.165) is 111 Å². The van der Waals surface area contributed by atoms with Crippen LogP contribution in [0.4, 0.5) is 5.69 Å². The Hall–Kier alpha value is -5.27. The largest absolute Gasteiger partial charge is 0.492 e. The molecule has 1 saturated carbocycles. The lowest BCUT2D eigenvalue weighted by atomic mass is 9.69. The lowest BCUT2D eigenvalue weighted by Gasteiger charge is -2.48. The number of aromatic nitrogens is 2. The van der Waals surface area contributed by atoms with Crippen LogP contribution in [0.3, 0.4) is 0 Å². The van der Waals surface area contributed by atoms with Crippen molar-refractivity contribution < 1.29 is 23.9 Å². The van der Waals surface area contributed by atoms with E-state index in [9.17, 15) is 24.0 Å². The number of hydrogen-bond acceptors (Lipinski definition) is 9. The molecule has 4 aromatic rings. The number of amides is 4. The number of likely N-dealkylation sites (tertiary alicyclic amines) is 2. The van der Waals surface area contributed by atoms with E-state index in [1.165, 1.54) is 17.7 Å². The zero-order valence-corrected chi connectivity index (χ0v) is 35.6. The summed E-state index contributed by atoms with van der Waals surface area (Å²) in [5.74, 6) is 1.00. The van der Waals surface area contributed by atoms with Crippen molar-refractivity contribution >= 4 is 51.8 Å². The summed E-state index contributed by atoms with van der Waals surface area (Å²) in [6.07, 6.45) is 9.65. The zero-order chi connectivity index (χ0) is 42.1. The minimum absolute atomic E-state index is 0.0264. The van der Waals surface area contributed by atoms with Gasteiger partial charge in [-0.05, 0) is 86.9 Å². The number of imide groups is 1. The number of fused-ring (bicyclic) bond motifs is 11. The number of piperidine rings is 3. The Morgan fingerprint density at radius 2 is 1.66 bits per heavy atom. The molecule has 1 atom stereocenters. The van der Waals surface area contributed by atoms with Crippen molar-refractivity contribution in [1.29, 1.82) is 0 Å². The number of nitrogens with one attached hydrogen (secondary N) is 1. The second kappa shape index (κ2) is 14.1. The van der Waals surface area contributed by atoms with Crippen molar-refractivity contribution in [3.05, 3.63) is 92.0 Å². The Labute approximate surface area is 364 Å². The van der Waals surface area contributed by atoms with Gasteiger partial charge in [-0.2, -0.15) is 4.98 Å². The minimum atomic E-state index is -0.663. The first kappa shape index (κ1) is 38.4. The van der Waals surface area contributed by atoms with Crippen LogP contribution in [0.1, 0.15) is 104 Å². The van der Waals surface area contributed by atoms with Gasteiger partial charge < -0.3 is 19.4 Å². The first-order chi connectivity index (χ1) is 30.1. The van der Waals surface area contributed by atoms with Crippen LogP contribution in [0.25, 0.3) is 16.6 Å². The third-order valence-electron chi connectivity index (χ3n) is 16.1. The van der Waals surface area contributed by atoms with E-state index in [4.69, 9.17) is 21.3 Å². The van der Waals surface area contributed by atoms with Crippen molar-refractivity contribution in [1.82, 2.24) is 29.6 Å². The molecule has 8 aliphatic rings. The minimum Gasteiger partial charge on any atom is -0.492 e. The molecule has 1 aliphatic carbocycles. The standard InChI is InChI=1S/C48H50ClN7O6/c49-35-5-4-6-37-40(35)43(59)51-46-48(15-2-1-3-16-48)34-23-30(7-10-36(34)56(37)46)52-19-13-29(14-20-52)54-24-28(25-54)44(60)53-21-17-47(18-22-53)27-62-41-32-26-55(38-11-12-39(57)50-42(38)58)45(61)31(32)8-9-33(41)47/h4-10,23,28-29,38H,1-3,11-22,24-27H2,(H,50,57,58)/t38-/m0/s1. The van der Waals surface area contributed by atoms with Gasteiger partial charge in [-0.1, -0.05) is 43.0 Å². The lowest BCUT2D eigenvalue weighted by molar-refractivity contribution is -0.144. The molecule has 7 aliphatic heterocycles. The smallest absolute Gasteiger partial charge is 0.282 e. The molecule has 320 valence electrons. The molecular weight excluding hydrogens is 806 g/mol. The third kappa shape index (κ3) is 5.62. The number of halogens is 1. The van der Waals surface area contributed by atoms with Gasteiger partial charge in [0.15, 0.2) is 0 Å². The predicted octanol–water partition coefficient (Wildman–Crippen LogP) is 5.22. The van der Waals surface area contributed by atoms with Gasteiger partial charge in [0.1, 0.15) is 17.6 Å². The highest BCUT2D eigenvalue weighted by atomic mass is 35.5. The summed E-state index contributed by atoms with van der Waals surface area (Å²) in [5.41, 5.74) is 6.24. The fraction of sp³-hybridized carbons (Fsp3) is 0.500. The highest BCUT2D eigenvalue weighted by Crippen LogP contribution is 2.53. The fourth-order valence-corrected chi connectivity index (χ4v) is 12.9. The number of ether oxygens (including phenoxy) is 1. The Morgan fingerprint density at radius 3 is 2.44 bits per heavy atom. The molecule has 1 N–H and O–H groups in total. The van der Waals surface area contributed by atoms with E-state index >= 15 is 0 Å². The van der Waals surface area contributed by atoms with Crippen LogP contribution in [0.5, 0.6) is 5.75 Å². The molecule has 13 nitrogen and oxygen atoms in total. The molecule has 3 aromatic carbocycles. The molecular formula is C48H50ClN7O6. The summed E-state index contributed by atoms with van der Waals surface area (Å²) in [6, 6.07) is 16.2. The first-order valence-electron chi connectivity index (χ1n) is 22.7. The quantitative estimate of drug-likeness (QED) is 0.274. The van der Waals surface area contributed by atoms with Crippen LogP contribution in [0, 0.1) is 5.92 Å². The molecule has 8 heterocycles. The van der Waals surface area contributed by atoms with Crippen molar-refractivity contribution in [2.45, 2.75) is 100 Å². The SMILES string of the molecule is O=C1CC[C@H](N2Cc3c(ccc4c3OCC43CCN(C(=O)C4CN(C5CCN(c6ccc7c(c6)C6(CCCCC6)c6nc(=O)c8c(Cl)cccc8n6-7)CC5)C4)CC3)C2=O)C(=O)N1. The molecule has 12 rings (SSSR count). The van der Waals surface area contributed by atoms with E-state index in [-0.39, 0.29) is 46.4 Å². The number of anilines is 1. The van der Waals surface area contributed by atoms with Crippen LogP contribution in [-0.2, 0) is 31.8 Å². The maximum Gasteiger partial charge on any atom is 0.282 e. The lowest BCUT2D eigenvalue weighted by Crippen LogP contribution is -2.60. The average molecular weight is 856 g/mol. The normalized spacial score (nSPS) is 24.2. The summed E-state index contributed by atoms with van der Waals surface area (Å²) >= 11 is 6.57. The summed E-state index contributed by atoms with van der Waals surface area (Å²) < 4.78 is 8.58. The molecule has 1 aromatic heterocycles.